The Kier molecular flexibility index (Phi) is 4.14. The number of aromatic nitrogens is 2. The molecular weight excluding hydrogens is 296 g/mol. The first kappa shape index (κ1) is 15.3. The third-order valence-electron chi connectivity index (χ3n) is 3.98. The molecule has 6 heteroatoms. The predicted molar refractivity (Wildman–Crippen MR) is 81.6 cm³/mol. The van der Waals surface area contributed by atoms with Crippen molar-refractivity contribution in [3.63, 3.8) is 0 Å². The molecule has 0 saturated heterocycles. The largest absolute Gasteiger partial charge is 0.465 e. The van der Waals surface area contributed by atoms with Crippen molar-refractivity contribution >= 4 is 11.9 Å². The van der Waals surface area contributed by atoms with Crippen molar-refractivity contribution < 1.29 is 19.1 Å². The number of methoxy groups -OCH3 is 1. The number of rotatable bonds is 5. The zero-order valence-corrected chi connectivity index (χ0v) is 13.1. The Morgan fingerprint density at radius 3 is 2.91 bits per heavy atom. The maximum absolute atomic E-state index is 12.1. The van der Waals surface area contributed by atoms with Gasteiger partial charge in [-0.05, 0) is 29.7 Å². The Hall–Kier alpha value is -2.63. The normalized spacial score (nSPS) is 19.2. The highest BCUT2D eigenvalue weighted by Crippen LogP contribution is 2.48. The third kappa shape index (κ3) is 3.41. The first-order valence-corrected chi connectivity index (χ1v) is 7.41. The van der Waals surface area contributed by atoms with Crippen LogP contribution in [0.1, 0.15) is 33.8 Å². The highest BCUT2D eigenvalue weighted by molar-refractivity contribution is 5.89. The fourth-order valence-electron chi connectivity index (χ4n) is 2.62. The van der Waals surface area contributed by atoms with Crippen LogP contribution < -0.4 is 0 Å². The summed E-state index contributed by atoms with van der Waals surface area (Å²) in [7, 11) is 3.19. The molecule has 0 aliphatic heterocycles. The van der Waals surface area contributed by atoms with E-state index in [9.17, 15) is 9.59 Å². The standard InChI is InChI=1S/C17H18N2O4/c1-19-9-13(8-18-19)14-7-15(14)17(21)23-10-11-4-3-5-12(6-11)16(20)22-2/h3-6,8-9,14-15H,7,10H2,1-2H3/t14-,15-/m0/s1. The molecule has 1 aliphatic carbocycles. The van der Waals surface area contributed by atoms with Gasteiger partial charge in [0.25, 0.3) is 0 Å². The van der Waals surface area contributed by atoms with Gasteiger partial charge in [-0.25, -0.2) is 4.79 Å². The minimum atomic E-state index is -0.406. The molecule has 2 atom stereocenters. The molecule has 1 aromatic heterocycles. The molecule has 1 fully saturated rings. The van der Waals surface area contributed by atoms with Crippen LogP contribution in [-0.2, 0) is 27.9 Å². The number of ether oxygens (including phenoxy) is 2. The zero-order valence-electron chi connectivity index (χ0n) is 13.1. The fraction of sp³-hybridized carbons (Fsp3) is 0.353. The second kappa shape index (κ2) is 6.24. The lowest BCUT2D eigenvalue weighted by atomic mass is 10.1. The summed E-state index contributed by atoms with van der Waals surface area (Å²) in [4.78, 5) is 23.6. The van der Waals surface area contributed by atoms with E-state index in [4.69, 9.17) is 4.74 Å². The molecular formula is C17H18N2O4. The smallest absolute Gasteiger partial charge is 0.337 e. The van der Waals surface area contributed by atoms with E-state index in [2.05, 4.69) is 9.84 Å². The Morgan fingerprint density at radius 1 is 1.39 bits per heavy atom. The molecule has 1 aliphatic rings. The number of hydrogen-bond acceptors (Lipinski definition) is 5. The van der Waals surface area contributed by atoms with Gasteiger partial charge in [-0.2, -0.15) is 5.10 Å². The summed E-state index contributed by atoms with van der Waals surface area (Å²) in [5.74, 6) is -0.500. The Morgan fingerprint density at radius 2 is 2.22 bits per heavy atom. The molecule has 0 amide bonds. The lowest BCUT2D eigenvalue weighted by molar-refractivity contribution is -0.146. The Balaban J connectivity index is 1.55. The third-order valence-corrected chi connectivity index (χ3v) is 3.98. The highest BCUT2D eigenvalue weighted by atomic mass is 16.5. The van der Waals surface area contributed by atoms with E-state index in [1.165, 1.54) is 7.11 Å². The van der Waals surface area contributed by atoms with E-state index in [0.29, 0.717) is 5.56 Å². The van der Waals surface area contributed by atoms with Gasteiger partial charge in [0.1, 0.15) is 6.61 Å². The molecule has 0 unspecified atom stereocenters. The van der Waals surface area contributed by atoms with Crippen LogP contribution in [0.2, 0.25) is 0 Å². The molecule has 0 N–H and O–H groups in total. The summed E-state index contributed by atoms with van der Waals surface area (Å²) in [6.07, 6.45) is 4.52. The molecule has 0 radical (unpaired) electrons. The molecule has 1 aromatic carbocycles. The maximum atomic E-state index is 12.1. The van der Waals surface area contributed by atoms with Gasteiger partial charge in [-0.3, -0.25) is 9.48 Å². The summed E-state index contributed by atoms with van der Waals surface area (Å²) in [6, 6.07) is 6.89. The van der Waals surface area contributed by atoms with Gasteiger partial charge in [0.05, 0.1) is 24.8 Å². The number of aryl methyl sites for hydroxylation is 1. The van der Waals surface area contributed by atoms with Gasteiger partial charge in [0.2, 0.25) is 0 Å². The van der Waals surface area contributed by atoms with Crippen molar-refractivity contribution in [2.24, 2.45) is 13.0 Å². The fourth-order valence-corrected chi connectivity index (χ4v) is 2.62. The van der Waals surface area contributed by atoms with Crippen LogP contribution in [0.15, 0.2) is 36.7 Å². The predicted octanol–water partition coefficient (Wildman–Crippen LogP) is 2.05. The van der Waals surface area contributed by atoms with E-state index in [1.54, 1.807) is 29.1 Å². The molecule has 6 nitrogen and oxygen atoms in total. The second-order valence-corrected chi connectivity index (χ2v) is 5.70. The number of nitrogens with zero attached hydrogens (tertiary/aromatic N) is 2. The van der Waals surface area contributed by atoms with Crippen molar-refractivity contribution in [3.05, 3.63) is 53.3 Å². The summed E-state index contributed by atoms with van der Waals surface area (Å²) in [5.41, 5.74) is 2.28. The van der Waals surface area contributed by atoms with Crippen LogP contribution in [0.25, 0.3) is 0 Å². The number of carbonyl (C=O) groups is 2. The van der Waals surface area contributed by atoms with Crippen molar-refractivity contribution in [3.8, 4) is 0 Å². The summed E-state index contributed by atoms with van der Waals surface area (Å²) < 4.78 is 11.8. The first-order valence-electron chi connectivity index (χ1n) is 7.41. The second-order valence-electron chi connectivity index (χ2n) is 5.70. The van der Waals surface area contributed by atoms with Gasteiger partial charge in [0.15, 0.2) is 0 Å². The van der Waals surface area contributed by atoms with E-state index < -0.39 is 5.97 Å². The van der Waals surface area contributed by atoms with Crippen molar-refractivity contribution in [2.45, 2.75) is 18.9 Å². The molecule has 1 saturated carbocycles. The van der Waals surface area contributed by atoms with Gasteiger partial charge in [-0.15, -0.1) is 0 Å². The number of carbonyl (C=O) groups excluding carboxylic acids is 2. The van der Waals surface area contributed by atoms with E-state index in [1.807, 2.05) is 19.3 Å². The first-order chi connectivity index (χ1) is 11.1. The van der Waals surface area contributed by atoms with Crippen molar-refractivity contribution in [1.82, 2.24) is 9.78 Å². The minimum Gasteiger partial charge on any atom is -0.465 e. The van der Waals surface area contributed by atoms with Gasteiger partial charge < -0.3 is 9.47 Å². The lowest BCUT2D eigenvalue weighted by Crippen LogP contribution is -2.08. The topological polar surface area (TPSA) is 70.4 Å². The number of esters is 2. The van der Waals surface area contributed by atoms with E-state index in [0.717, 1.165) is 17.5 Å². The number of hydrogen-bond donors (Lipinski definition) is 0. The molecule has 1 heterocycles. The quantitative estimate of drug-likeness (QED) is 0.790. The van der Waals surface area contributed by atoms with Gasteiger partial charge >= 0.3 is 11.9 Å². The van der Waals surface area contributed by atoms with Crippen LogP contribution in [0, 0.1) is 5.92 Å². The average molecular weight is 314 g/mol. The van der Waals surface area contributed by atoms with Crippen LogP contribution in [0.4, 0.5) is 0 Å². The molecule has 0 spiro atoms. The van der Waals surface area contributed by atoms with Gasteiger partial charge in [-0.1, -0.05) is 12.1 Å². The monoisotopic (exact) mass is 314 g/mol. The highest BCUT2D eigenvalue weighted by Gasteiger charge is 2.45. The van der Waals surface area contributed by atoms with E-state index >= 15 is 0 Å². The maximum Gasteiger partial charge on any atom is 0.337 e. The van der Waals surface area contributed by atoms with Gasteiger partial charge in [0, 0.05) is 19.2 Å². The molecule has 0 bridgehead atoms. The molecule has 2 aromatic rings. The zero-order chi connectivity index (χ0) is 16.4. The van der Waals surface area contributed by atoms with Crippen molar-refractivity contribution in [1.29, 1.82) is 0 Å². The summed E-state index contributed by atoms with van der Waals surface area (Å²) in [6.45, 7) is 0.153. The molecule has 120 valence electrons. The Labute approximate surface area is 134 Å². The van der Waals surface area contributed by atoms with Crippen LogP contribution >= 0.6 is 0 Å². The van der Waals surface area contributed by atoms with E-state index in [-0.39, 0.29) is 24.4 Å². The molecule has 23 heavy (non-hydrogen) atoms. The minimum absolute atomic E-state index is 0.0945. The SMILES string of the molecule is COC(=O)c1cccc(COC(=O)[C@H]2C[C@H]2c2cnn(C)c2)c1. The molecule has 3 rings (SSSR count). The average Bonchev–Trinajstić information content (AvgIpc) is 3.26. The lowest BCUT2D eigenvalue weighted by Gasteiger charge is -2.06. The van der Waals surface area contributed by atoms with Crippen molar-refractivity contribution in [2.75, 3.05) is 7.11 Å². The number of benzene rings is 1. The summed E-state index contributed by atoms with van der Waals surface area (Å²) >= 11 is 0. The van der Waals surface area contributed by atoms with Crippen LogP contribution in [0.5, 0.6) is 0 Å². The summed E-state index contributed by atoms with van der Waals surface area (Å²) in [5, 5.41) is 4.12. The van der Waals surface area contributed by atoms with Crippen LogP contribution in [-0.4, -0.2) is 28.8 Å². The Bertz CT molecular complexity index is 738. The van der Waals surface area contributed by atoms with Crippen LogP contribution in [0.3, 0.4) is 0 Å².